The van der Waals surface area contributed by atoms with Gasteiger partial charge in [0.15, 0.2) is 0 Å². The minimum atomic E-state index is -0.792. The third-order valence-corrected chi connectivity index (χ3v) is 4.37. The predicted molar refractivity (Wildman–Crippen MR) is 94.7 cm³/mol. The first-order valence-electron chi connectivity index (χ1n) is 8.34. The molecule has 1 heterocycles. The zero-order valence-electron chi connectivity index (χ0n) is 14.1. The lowest BCUT2D eigenvalue weighted by Gasteiger charge is -2.24. The zero-order valence-corrected chi connectivity index (χ0v) is 14.1. The number of carbonyl (C=O) groups excluding carboxylic acids is 1. The highest BCUT2D eigenvalue weighted by Crippen LogP contribution is 2.25. The topological polar surface area (TPSA) is 35.6 Å². The van der Waals surface area contributed by atoms with Crippen molar-refractivity contribution in [2.24, 2.45) is 0 Å². The molecule has 1 aliphatic heterocycles. The molecule has 1 fully saturated rings. The van der Waals surface area contributed by atoms with Crippen molar-refractivity contribution < 1.29 is 13.6 Å². The number of rotatable bonds is 4. The second kappa shape index (κ2) is 7.51. The Balaban J connectivity index is 1.69. The van der Waals surface area contributed by atoms with Gasteiger partial charge in [0.25, 0.3) is 0 Å². The first-order chi connectivity index (χ1) is 12.0. The van der Waals surface area contributed by atoms with Crippen molar-refractivity contribution in [3.63, 3.8) is 0 Å². The van der Waals surface area contributed by atoms with Crippen molar-refractivity contribution >= 4 is 17.4 Å². The second-order valence-electron chi connectivity index (χ2n) is 6.23. The van der Waals surface area contributed by atoms with E-state index in [1.807, 2.05) is 18.2 Å². The van der Waals surface area contributed by atoms with Crippen LogP contribution in [0.1, 0.15) is 18.4 Å². The quantitative estimate of drug-likeness (QED) is 0.900. The van der Waals surface area contributed by atoms with Crippen molar-refractivity contribution in [2.45, 2.75) is 19.4 Å². The van der Waals surface area contributed by atoms with Crippen LogP contribution in [0.25, 0.3) is 0 Å². The molecule has 2 aromatic carbocycles. The molecule has 6 heteroatoms. The number of para-hydroxylation sites is 1. The predicted octanol–water partition coefficient (Wildman–Crippen LogP) is 4.23. The highest BCUT2D eigenvalue weighted by Gasteiger charge is 2.18. The molecule has 0 bridgehead atoms. The molecule has 1 N–H and O–H groups in total. The van der Waals surface area contributed by atoms with E-state index in [9.17, 15) is 13.6 Å². The van der Waals surface area contributed by atoms with Gasteiger partial charge in [-0.1, -0.05) is 18.2 Å². The minimum Gasteiger partial charge on any atom is -0.371 e. The Labute approximate surface area is 146 Å². The third kappa shape index (κ3) is 4.07. The Morgan fingerprint density at radius 2 is 1.88 bits per heavy atom. The lowest BCUT2D eigenvalue weighted by molar-refractivity contribution is 0.220. The fraction of sp³-hybridized carbons (Fsp3) is 0.316. The summed E-state index contributed by atoms with van der Waals surface area (Å²) in [5, 5.41) is 2.48. The summed E-state index contributed by atoms with van der Waals surface area (Å²) in [5.74, 6) is -1.47. The van der Waals surface area contributed by atoms with E-state index in [1.165, 1.54) is 23.8 Å². The van der Waals surface area contributed by atoms with Crippen molar-refractivity contribution in [1.29, 1.82) is 0 Å². The molecule has 3 rings (SSSR count). The molecular weight excluding hydrogens is 324 g/mol. The summed E-state index contributed by atoms with van der Waals surface area (Å²) in [5.41, 5.74) is 2.14. The maximum atomic E-state index is 13.7. The Morgan fingerprint density at radius 3 is 2.60 bits per heavy atom. The van der Waals surface area contributed by atoms with Gasteiger partial charge in [-0.25, -0.2) is 13.6 Å². The minimum absolute atomic E-state index is 0.0360. The van der Waals surface area contributed by atoms with Crippen LogP contribution in [0.3, 0.4) is 0 Å². The van der Waals surface area contributed by atoms with Crippen LogP contribution in [0, 0.1) is 11.6 Å². The standard InChI is InChI=1S/C19H21F2N3O/c1-23(19(25)22-17-9-8-15(20)12-16(17)21)13-14-6-2-3-7-18(14)24-10-4-5-11-24/h2-3,6-9,12H,4-5,10-11,13H2,1H3,(H,22,25). The summed E-state index contributed by atoms with van der Waals surface area (Å²) in [7, 11) is 1.65. The number of urea groups is 1. The molecule has 1 saturated heterocycles. The molecule has 0 aromatic heterocycles. The van der Waals surface area contributed by atoms with Crippen molar-refractivity contribution in [1.82, 2.24) is 4.90 Å². The lowest BCUT2D eigenvalue weighted by atomic mass is 10.1. The number of carbonyl (C=O) groups is 1. The molecule has 0 aliphatic carbocycles. The summed E-state index contributed by atoms with van der Waals surface area (Å²) in [6, 6.07) is 10.6. The zero-order chi connectivity index (χ0) is 17.8. The molecule has 2 amide bonds. The van der Waals surface area contributed by atoms with Crippen LogP contribution in [0.5, 0.6) is 0 Å². The van der Waals surface area contributed by atoms with Crippen LogP contribution in [0.2, 0.25) is 0 Å². The van der Waals surface area contributed by atoms with Gasteiger partial charge in [-0.2, -0.15) is 0 Å². The smallest absolute Gasteiger partial charge is 0.321 e. The molecule has 25 heavy (non-hydrogen) atoms. The lowest BCUT2D eigenvalue weighted by Crippen LogP contribution is -2.32. The molecule has 0 spiro atoms. The van der Waals surface area contributed by atoms with E-state index >= 15 is 0 Å². The van der Waals surface area contributed by atoms with Gasteiger partial charge in [-0.15, -0.1) is 0 Å². The van der Waals surface area contributed by atoms with E-state index < -0.39 is 17.7 Å². The van der Waals surface area contributed by atoms with Crippen LogP contribution in [-0.4, -0.2) is 31.1 Å². The molecule has 0 radical (unpaired) electrons. The summed E-state index contributed by atoms with van der Waals surface area (Å²) >= 11 is 0. The number of hydrogen-bond donors (Lipinski definition) is 1. The number of halogens is 2. The van der Waals surface area contributed by atoms with E-state index in [-0.39, 0.29) is 5.69 Å². The number of nitrogens with one attached hydrogen (secondary N) is 1. The van der Waals surface area contributed by atoms with Crippen LogP contribution < -0.4 is 10.2 Å². The van der Waals surface area contributed by atoms with Crippen molar-refractivity contribution in [3.8, 4) is 0 Å². The van der Waals surface area contributed by atoms with E-state index in [0.717, 1.165) is 36.5 Å². The Bertz CT molecular complexity index is 760. The second-order valence-corrected chi connectivity index (χ2v) is 6.23. The monoisotopic (exact) mass is 345 g/mol. The molecule has 0 atom stereocenters. The summed E-state index contributed by atoms with van der Waals surface area (Å²) in [4.78, 5) is 16.1. The Hall–Kier alpha value is -2.63. The van der Waals surface area contributed by atoms with E-state index in [4.69, 9.17) is 0 Å². The van der Waals surface area contributed by atoms with E-state index in [0.29, 0.717) is 6.54 Å². The van der Waals surface area contributed by atoms with Crippen molar-refractivity contribution in [2.75, 3.05) is 30.4 Å². The molecule has 0 unspecified atom stereocenters. The van der Waals surface area contributed by atoms with Gasteiger partial charge < -0.3 is 15.1 Å². The number of benzene rings is 2. The number of anilines is 2. The fourth-order valence-electron chi connectivity index (χ4n) is 3.04. The van der Waals surface area contributed by atoms with Crippen molar-refractivity contribution in [3.05, 3.63) is 59.7 Å². The van der Waals surface area contributed by atoms with Gasteiger partial charge >= 0.3 is 6.03 Å². The number of nitrogens with zero attached hydrogens (tertiary/aromatic N) is 2. The van der Waals surface area contributed by atoms with Gasteiger partial charge in [-0.3, -0.25) is 0 Å². The SMILES string of the molecule is CN(Cc1ccccc1N1CCCC1)C(=O)Nc1ccc(F)cc1F. The average molecular weight is 345 g/mol. The van der Waals surface area contributed by atoms with Gasteiger partial charge in [0.2, 0.25) is 0 Å². The van der Waals surface area contributed by atoms with E-state index in [1.54, 1.807) is 7.05 Å². The van der Waals surface area contributed by atoms with Crippen LogP contribution in [0.15, 0.2) is 42.5 Å². The van der Waals surface area contributed by atoms with Crippen LogP contribution >= 0.6 is 0 Å². The molecule has 132 valence electrons. The maximum absolute atomic E-state index is 13.7. The highest BCUT2D eigenvalue weighted by molar-refractivity contribution is 5.89. The van der Waals surface area contributed by atoms with Gasteiger partial charge in [0, 0.05) is 38.4 Å². The molecule has 0 saturated carbocycles. The molecular formula is C19H21F2N3O. The average Bonchev–Trinajstić information content (AvgIpc) is 3.12. The summed E-state index contributed by atoms with van der Waals surface area (Å²) in [6.45, 7) is 2.45. The largest absolute Gasteiger partial charge is 0.371 e. The normalized spacial score (nSPS) is 13.8. The summed E-state index contributed by atoms with van der Waals surface area (Å²) in [6.07, 6.45) is 2.35. The number of amides is 2. The van der Waals surface area contributed by atoms with Crippen LogP contribution in [-0.2, 0) is 6.54 Å². The summed E-state index contributed by atoms with van der Waals surface area (Å²) < 4.78 is 26.6. The third-order valence-electron chi connectivity index (χ3n) is 4.37. The molecule has 2 aromatic rings. The van der Waals surface area contributed by atoms with Crippen LogP contribution in [0.4, 0.5) is 25.0 Å². The fourth-order valence-corrected chi connectivity index (χ4v) is 3.04. The maximum Gasteiger partial charge on any atom is 0.321 e. The van der Waals surface area contributed by atoms with Gasteiger partial charge in [0.05, 0.1) is 5.69 Å². The highest BCUT2D eigenvalue weighted by atomic mass is 19.1. The first-order valence-corrected chi connectivity index (χ1v) is 8.34. The number of hydrogen-bond acceptors (Lipinski definition) is 2. The molecule has 1 aliphatic rings. The Kier molecular flexibility index (Phi) is 5.16. The van der Waals surface area contributed by atoms with Gasteiger partial charge in [-0.05, 0) is 36.6 Å². The first kappa shape index (κ1) is 17.2. The molecule has 4 nitrogen and oxygen atoms in total. The van der Waals surface area contributed by atoms with Gasteiger partial charge in [0.1, 0.15) is 11.6 Å². The Morgan fingerprint density at radius 1 is 1.16 bits per heavy atom. The van der Waals surface area contributed by atoms with E-state index in [2.05, 4.69) is 16.3 Å².